The zero-order valence-electron chi connectivity index (χ0n) is 25.6. The molecule has 0 N–H and O–H groups in total. The molecule has 6 aromatic carbocycles. The summed E-state index contributed by atoms with van der Waals surface area (Å²) in [6, 6.07) is 54.3. The van der Waals surface area contributed by atoms with Crippen molar-refractivity contribution in [1.82, 2.24) is 0 Å². The van der Waals surface area contributed by atoms with Gasteiger partial charge in [0, 0.05) is 5.39 Å². The van der Waals surface area contributed by atoms with E-state index in [9.17, 15) is 0 Å². The number of para-hydroxylation sites is 2. The zero-order valence-corrected chi connectivity index (χ0v) is 25.6. The van der Waals surface area contributed by atoms with E-state index in [4.69, 9.17) is 0 Å². The van der Waals surface area contributed by atoms with Gasteiger partial charge in [-0.25, -0.2) is 0 Å². The fraction of sp³-hybridized carbons (Fsp3) is 0.0465. The molecule has 218 valence electrons. The van der Waals surface area contributed by atoms with Gasteiger partial charge in [0.05, 0.1) is 0 Å². The minimum absolute atomic E-state index is 0.415. The third-order valence-electron chi connectivity index (χ3n) is 8.95. The number of benzene rings is 6. The summed E-state index contributed by atoms with van der Waals surface area (Å²) in [6.07, 6.45) is 9.94. The summed E-state index contributed by atoms with van der Waals surface area (Å²) in [5.74, 6) is 2.72. The molecule has 0 fully saturated rings. The van der Waals surface area contributed by atoms with Gasteiger partial charge in [-0.2, -0.15) is 0 Å². The van der Waals surface area contributed by atoms with Gasteiger partial charge in [-0.1, -0.05) is 54.6 Å². The normalized spacial score (nSPS) is 15.0. The molecular formula is C43H33BN2. The van der Waals surface area contributed by atoms with Crippen molar-refractivity contribution in [2.45, 2.75) is 6.42 Å². The summed E-state index contributed by atoms with van der Waals surface area (Å²) in [5.41, 5.74) is 10.7. The van der Waals surface area contributed by atoms with Crippen LogP contribution in [0.25, 0.3) is 21.9 Å². The summed E-state index contributed by atoms with van der Waals surface area (Å²) in [6.45, 7) is 2.28. The molecule has 3 heteroatoms. The first kappa shape index (κ1) is 27.9. The predicted molar refractivity (Wildman–Crippen MR) is 198 cm³/mol. The molecule has 2 aliphatic rings. The van der Waals surface area contributed by atoms with Crippen LogP contribution in [-0.4, -0.2) is 12.9 Å². The van der Waals surface area contributed by atoms with Gasteiger partial charge in [-0.05, 0) is 23.6 Å². The first-order chi connectivity index (χ1) is 22.8. The number of nitrogens with zero attached hydrogens (tertiary/aromatic N) is 2. The maximum absolute atomic E-state index is 2.39. The number of anilines is 5. The van der Waals surface area contributed by atoms with Crippen LogP contribution in [0, 0.1) is 5.92 Å². The van der Waals surface area contributed by atoms with Crippen molar-refractivity contribution < 1.29 is 0 Å². The topological polar surface area (TPSA) is 6.48 Å². The Balaban J connectivity index is 1.15. The number of allylic oxidation sites excluding steroid dienone is 5. The van der Waals surface area contributed by atoms with E-state index < -0.39 is 0 Å². The van der Waals surface area contributed by atoms with Crippen LogP contribution in [0.5, 0.6) is 0 Å². The Morgan fingerprint density at radius 3 is 1.76 bits per heavy atom. The average molecular weight is 589 g/mol. The first-order valence-corrected chi connectivity index (χ1v) is 16.0. The molecule has 0 bridgehead atoms. The van der Waals surface area contributed by atoms with E-state index in [0.717, 1.165) is 29.2 Å². The maximum atomic E-state index is 2.39. The van der Waals surface area contributed by atoms with Gasteiger partial charge in [0.1, 0.15) is 0 Å². The average Bonchev–Trinajstić information content (AvgIpc) is 3.14. The Bertz CT molecular complexity index is 2100. The molecule has 1 unspecified atom stereocenters. The van der Waals surface area contributed by atoms with Crippen molar-refractivity contribution in [3.05, 3.63) is 187 Å². The van der Waals surface area contributed by atoms with Crippen molar-refractivity contribution in [3.63, 3.8) is 0 Å². The third kappa shape index (κ3) is 5.31. The van der Waals surface area contributed by atoms with Crippen molar-refractivity contribution in [2.75, 3.05) is 9.80 Å². The van der Waals surface area contributed by atoms with Crippen molar-refractivity contribution in [1.29, 1.82) is 0 Å². The molecular weight excluding hydrogens is 555 g/mol. The minimum atomic E-state index is 0.415. The second-order valence-corrected chi connectivity index (χ2v) is 11.8. The molecule has 2 nitrogen and oxygen atoms in total. The molecule has 0 aromatic heterocycles. The van der Waals surface area contributed by atoms with Crippen LogP contribution in [0.15, 0.2) is 187 Å². The van der Waals surface area contributed by atoms with Crippen LogP contribution in [-0.2, 0) is 0 Å². The Morgan fingerprint density at radius 2 is 1.07 bits per heavy atom. The quantitative estimate of drug-likeness (QED) is 0.171. The van der Waals surface area contributed by atoms with Gasteiger partial charge in [0.25, 0.3) is 0 Å². The molecule has 0 spiro atoms. The van der Waals surface area contributed by atoms with Gasteiger partial charge in [0.15, 0.2) is 0 Å². The van der Waals surface area contributed by atoms with E-state index in [1.807, 2.05) is 0 Å². The molecule has 8 rings (SSSR count). The van der Waals surface area contributed by atoms with Crippen molar-refractivity contribution in [3.8, 4) is 11.1 Å². The Morgan fingerprint density at radius 1 is 0.500 bits per heavy atom. The van der Waals surface area contributed by atoms with E-state index in [0.29, 0.717) is 5.92 Å². The molecule has 1 atom stereocenters. The van der Waals surface area contributed by atoms with Crippen LogP contribution >= 0.6 is 0 Å². The van der Waals surface area contributed by atoms with E-state index in [1.165, 1.54) is 38.8 Å². The van der Waals surface area contributed by atoms with E-state index in [2.05, 4.69) is 199 Å². The van der Waals surface area contributed by atoms with E-state index >= 15 is 0 Å². The Labute approximate surface area is 271 Å². The number of hydrogen-bond acceptors (Lipinski definition) is 2. The molecule has 0 saturated heterocycles. The summed E-state index contributed by atoms with van der Waals surface area (Å²) < 4.78 is 0. The number of fused-ring (bicyclic) bond motifs is 2. The van der Waals surface area contributed by atoms with E-state index in [1.54, 1.807) is 0 Å². The van der Waals surface area contributed by atoms with Crippen LogP contribution in [0.3, 0.4) is 0 Å². The van der Waals surface area contributed by atoms with E-state index in [-0.39, 0.29) is 0 Å². The van der Waals surface area contributed by atoms with Gasteiger partial charge < -0.3 is 0 Å². The molecule has 1 aliphatic heterocycles. The summed E-state index contributed by atoms with van der Waals surface area (Å²) in [7, 11) is 0. The van der Waals surface area contributed by atoms with Gasteiger partial charge >= 0.3 is 189 Å². The van der Waals surface area contributed by atoms with Crippen molar-refractivity contribution >= 4 is 52.1 Å². The molecule has 0 amide bonds. The van der Waals surface area contributed by atoms with Gasteiger partial charge in [-0.3, -0.25) is 0 Å². The Hall–Kier alpha value is -5.67. The van der Waals surface area contributed by atoms with Gasteiger partial charge in [-0.15, -0.1) is 0 Å². The monoisotopic (exact) mass is 588 g/mol. The third-order valence-corrected chi connectivity index (χ3v) is 8.95. The molecule has 1 aliphatic carbocycles. The second-order valence-electron chi connectivity index (χ2n) is 11.8. The molecule has 46 heavy (non-hydrogen) atoms. The SMILES string of the molecule is B1=CCC2C=CC=CC2=C1N(c1ccccc1)c1ccc(-c2ccc(N(c3ccccc3)c3cccc4ccccc34)cc2)cc1. The van der Waals surface area contributed by atoms with Crippen LogP contribution in [0.1, 0.15) is 6.42 Å². The zero-order chi connectivity index (χ0) is 30.7. The van der Waals surface area contributed by atoms with Gasteiger partial charge in [0.2, 0.25) is 0 Å². The molecule has 1 heterocycles. The Kier molecular flexibility index (Phi) is 7.50. The molecule has 6 aromatic rings. The van der Waals surface area contributed by atoms with Crippen LogP contribution in [0.2, 0.25) is 0 Å². The van der Waals surface area contributed by atoms with Crippen molar-refractivity contribution in [2.24, 2.45) is 5.92 Å². The fourth-order valence-electron chi connectivity index (χ4n) is 6.71. The summed E-state index contributed by atoms with van der Waals surface area (Å²) in [4.78, 5) is 4.73. The summed E-state index contributed by atoms with van der Waals surface area (Å²) >= 11 is 0. The van der Waals surface area contributed by atoms with Crippen LogP contribution in [0.4, 0.5) is 28.4 Å². The second kappa shape index (κ2) is 12.4. The summed E-state index contributed by atoms with van der Waals surface area (Å²) in [5, 5.41) is 2.46. The standard InChI is InChI=1S/C43H33BN2/c1-3-15-36(16-4-1)45(42-21-11-14-34-12-7-9-19-40(34)42)38-26-22-32(23-27-38)33-24-28-39(29-25-33)46(37-17-5-2-6-18-37)43-41-20-10-8-13-35(41)30-31-44-43/h1-29,31,35H,30H2. The first-order valence-electron chi connectivity index (χ1n) is 16.0. The molecule has 0 saturated carbocycles. The molecule has 0 radical (unpaired) electrons. The number of hydrogen-bond donors (Lipinski definition) is 0. The fourth-order valence-corrected chi connectivity index (χ4v) is 6.71. The predicted octanol–water partition coefficient (Wildman–Crippen LogP) is 11.0. The van der Waals surface area contributed by atoms with Crippen LogP contribution < -0.4 is 9.80 Å². The number of rotatable bonds is 7.